The number of hydrogen-bond donors (Lipinski definition) is 2. The Balaban J connectivity index is 2.38. The summed E-state index contributed by atoms with van der Waals surface area (Å²) >= 11 is 0. The highest BCUT2D eigenvalue weighted by Gasteiger charge is 2.22. The number of hydrogen-bond acceptors (Lipinski definition) is 5. The molecule has 0 saturated heterocycles. The molecule has 150 valence electrons. The average molecular weight is 404 g/mol. The molecule has 0 atom stereocenters. The molecule has 7 nitrogen and oxygen atoms in total. The molecular weight excluding hydrogens is 380 g/mol. The van der Waals surface area contributed by atoms with Gasteiger partial charge in [0.05, 0.1) is 28.8 Å². The second kappa shape index (κ2) is 8.88. The molecule has 0 fully saturated rings. The van der Waals surface area contributed by atoms with E-state index in [1.165, 1.54) is 31.4 Å². The Morgan fingerprint density at radius 1 is 1.11 bits per heavy atom. The summed E-state index contributed by atoms with van der Waals surface area (Å²) in [6, 6.07) is 10.6. The lowest BCUT2D eigenvalue weighted by Gasteiger charge is -2.15. The zero-order valence-corrected chi connectivity index (χ0v) is 17.1. The molecule has 0 spiro atoms. The lowest BCUT2D eigenvalue weighted by molar-refractivity contribution is 0.0600. The summed E-state index contributed by atoms with van der Waals surface area (Å²) in [5, 5.41) is 2.77. The molecule has 0 aliphatic carbocycles. The monoisotopic (exact) mass is 404 g/mol. The van der Waals surface area contributed by atoms with Gasteiger partial charge in [0.15, 0.2) is 0 Å². The zero-order valence-electron chi connectivity index (χ0n) is 16.3. The molecule has 8 heteroatoms. The van der Waals surface area contributed by atoms with Crippen LogP contribution in [0.2, 0.25) is 0 Å². The smallest absolute Gasteiger partial charge is 0.337 e. The summed E-state index contributed by atoms with van der Waals surface area (Å²) in [6.45, 7) is 6.02. The fraction of sp³-hybridized carbons (Fsp3) is 0.300. The van der Waals surface area contributed by atoms with E-state index < -0.39 is 16.0 Å². The Bertz CT molecular complexity index is 984. The van der Waals surface area contributed by atoms with Gasteiger partial charge in [-0.05, 0) is 42.7 Å². The van der Waals surface area contributed by atoms with Gasteiger partial charge in [-0.15, -0.1) is 0 Å². The van der Waals surface area contributed by atoms with Gasteiger partial charge in [0, 0.05) is 6.54 Å². The molecule has 2 N–H and O–H groups in total. The molecule has 0 aliphatic heterocycles. The number of nitrogens with one attached hydrogen (secondary N) is 2. The van der Waals surface area contributed by atoms with Gasteiger partial charge in [-0.1, -0.05) is 32.0 Å². The van der Waals surface area contributed by atoms with Gasteiger partial charge < -0.3 is 10.1 Å². The lowest BCUT2D eigenvalue weighted by atomic mass is 10.1. The number of aryl methyl sites for hydroxylation is 1. The van der Waals surface area contributed by atoms with Crippen molar-refractivity contribution in [1.82, 2.24) is 5.32 Å². The van der Waals surface area contributed by atoms with E-state index in [0.717, 1.165) is 0 Å². The Morgan fingerprint density at radius 2 is 1.79 bits per heavy atom. The van der Waals surface area contributed by atoms with Crippen molar-refractivity contribution in [3.63, 3.8) is 0 Å². The van der Waals surface area contributed by atoms with Crippen molar-refractivity contribution >= 4 is 27.6 Å². The van der Waals surface area contributed by atoms with Gasteiger partial charge in [0.1, 0.15) is 0 Å². The van der Waals surface area contributed by atoms with E-state index in [9.17, 15) is 18.0 Å². The summed E-state index contributed by atoms with van der Waals surface area (Å²) in [5.74, 6) is -0.742. The molecule has 28 heavy (non-hydrogen) atoms. The number of carbonyl (C=O) groups excluding carboxylic acids is 2. The van der Waals surface area contributed by atoms with Crippen molar-refractivity contribution in [2.24, 2.45) is 5.92 Å². The van der Waals surface area contributed by atoms with E-state index in [1.807, 2.05) is 13.8 Å². The number of para-hydroxylation sites is 1. The predicted molar refractivity (Wildman–Crippen MR) is 107 cm³/mol. The maximum Gasteiger partial charge on any atom is 0.337 e. The quantitative estimate of drug-likeness (QED) is 0.691. The first kappa shape index (κ1) is 21.4. The van der Waals surface area contributed by atoms with E-state index in [2.05, 4.69) is 14.8 Å². The van der Waals surface area contributed by atoms with Crippen LogP contribution in [-0.2, 0) is 14.8 Å². The minimum Gasteiger partial charge on any atom is -0.465 e. The van der Waals surface area contributed by atoms with Crippen molar-refractivity contribution in [2.45, 2.75) is 25.7 Å². The highest BCUT2D eigenvalue weighted by molar-refractivity contribution is 7.92. The van der Waals surface area contributed by atoms with E-state index in [1.54, 1.807) is 25.1 Å². The predicted octanol–water partition coefficient (Wildman–Crippen LogP) is 2.97. The lowest BCUT2D eigenvalue weighted by Crippen LogP contribution is -2.28. The maximum absolute atomic E-state index is 12.9. The van der Waals surface area contributed by atoms with Crippen LogP contribution in [0.5, 0.6) is 0 Å². The van der Waals surface area contributed by atoms with Crippen LogP contribution in [0.3, 0.4) is 0 Å². The van der Waals surface area contributed by atoms with Crippen molar-refractivity contribution in [2.75, 3.05) is 18.4 Å². The third kappa shape index (κ3) is 5.10. The molecule has 2 aromatic rings. The molecule has 0 aliphatic rings. The third-order valence-corrected chi connectivity index (χ3v) is 5.49. The molecular formula is C20H24N2O5S. The van der Waals surface area contributed by atoms with Crippen molar-refractivity contribution in [1.29, 1.82) is 0 Å². The second-order valence-electron chi connectivity index (χ2n) is 6.73. The number of amides is 1. The topological polar surface area (TPSA) is 102 Å². The average Bonchev–Trinajstić information content (AvgIpc) is 2.65. The van der Waals surface area contributed by atoms with Crippen molar-refractivity contribution in [3.8, 4) is 0 Å². The summed E-state index contributed by atoms with van der Waals surface area (Å²) in [6.07, 6.45) is 0. The Morgan fingerprint density at radius 3 is 2.43 bits per heavy atom. The number of ether oxygens (including phenoxy) is 1. The van der Waals surface area contributed by atoms with E-state index in [-0.39, 0.29) is 33.5 Å². The fourth-order valence-electron chi connectivity index (χ4n) is 2.50. The summed E-state index contributed by atoms with van der Waals surface area (Å²) < 4.78 is 33.0. The van der Waals surface area contributed by atoms with Crippen LogP contribution in [0.4, 0.5) is 5.69 Å². The SMILES string of the molecule is COC(=O)c1ccc(C)c(S(=O)(=O)Nc2ccccc2C(=O)NCC(C)C)c1. The van der Waals surface area contributed by atoms with E-state index in [4.69, 9.17) is 0 Å². The number of rotatable bonds is 7. The van der Waals surface area contributed by atoms with Gasteiger partial charge in [-0.2, -0.15) is 0 Å². The molecule has 0 radical (unpaired) electrons. The van der Waals surface area contributed by atoms with Crippen molar-refractivity contribution in [3.05, 3.63) is 59.2 Å². The summed E-state index contributed by atoms with van der Waals surface area (Å²) in [4.78, 5) is 24.1. The first-order valence-corrected chi connectivity index (χ1v) is 10.2. The summed E-state index contributed by atoms with van der Waals surface area (Å²) in [7, 11) is -2.81. The molecule has 2 aromatic carbocycles. The minimum atomic E-state index is -4.03. The van der Waals surface area contributed by atoms with Gasteiger partial charge in [-0.3, -0.25) is 9.52 Å². The Hall–Kier alpha value is -2.87. The number of methoxy groups -OCH3 is 1. The normalized spacial score (nSPS) is 11.2. The largest absolute Gasteiger partial charge is 0.465 e. The Kier molecular flexibility index (Phi) is 6.80. The molecule has 0 heterocycles. The summed E-state index contributed by atoms with van der Waals surface area (Å²) in [5.41, 5.74) is 0.957. The van der Waals surface area contributed by atoms with Gasteiger partial charge in [0.25, 0.3) is 15.9 Å². The molecule has 0 aromatic heterocycles. The van der Waals surface area contributed by atoms with Crippen LogP contribution in [0.1, 0.15) is 40.1 Å². The number of anilines is 1. The molecule has 0 unspecified atom stereocenters. The van der Waals surface area contributed by atoms with Crippen molar-refractivity contribution < 1.29 is 22.7 Å². The van der Waals surface area contributed by atoms with E-state index >= 15 is 0 Å². The minimum absolute atomic E-state index is 0.0622. The molecule has 2 rings (SSSR count). The van der Waals surface area contributed by atoms with Crippen LogP contribution < -0.4 is 10.0 Å². The number of esters is 1. The third-order valence-electron chi connectivity index (χ3n) is 3.99. The highest BCUT2D eigenvalue weighted by atomic mass is 32.2. The number of carbonyl (C=O) groups is 2. The highest BCUT2D eigenvalue weighted by Crippen LogP contribution is 2.23. The van der Waals surface area contributed by atoms with Gasteiger partial charge >= 0.3 is 5.97 Å². The molecule has 0 bridgehead atoms. The van der Waals surface area contributed by atoms with Crippen LogP contribution in [0, 0.1) is 12.8 Å². The van der Waals surface area contributed by atoms with Crippen LogP contribution >= 0.6 is 0 Å². The fourth-order valence-corrected chi connectivity index (χ4v) is 3.85. The van der Waals surface area contributed by atoms with Crippen LogP contribution in [0.25, 0.3) is 0 Å². The van der Waals surface area contributed by atoms with Crippen LogP contribution in [0.15, 0.2) is 47.4 Å². The number of benzene rings is 2. The van der Waals surface area contributed by atoms with Gasteiger partial charge in [-0.25, -0.2) is 13.2 Å². The molecule has 0 saturated carbocycles. The second-order valence-corrected chi connectivity index (χ2v) is 8.38. The van der Waals surface area contributed by atoms with Gasteiger partial charge in [0.2, 0.25) is 0 Å². The van der Waals surface area contributed by atoms with Crippen LogP contribution in [-0.4, -0.2) is 33.9 Å². The molecule has 1 amide bonds. The van der Waals surface area contributed by atoms with E-state index in [0.29, 0.717) is 12.1 Å². The first-order valence-electron chi connectivity index (χ1n) is 8.74. The first-order chi connectivity index (χ1) is 13.2. The Labute approximate surface area is 165 Å². The zero-order chi connectivity index (χ0) is 20.9. The maximum atomic E-state index is 12.9. The standard InChI is InChI=1S/C20H24N2O5S/c1-13(2)12-21-19(23)16-7-5-6-8-17(16)22-28(25,26)18-11-15(20(24)27-4)10-9-14(18)3/h5-11,13,22H,12H2,1-4H3,(H,21,23). The number of sulfonamides is 1.